The van der Waals surface area contributed by atoms with E-state index in [-0.39, 0.29) is 0 Å². The van der Waals surface area contributed by atoms with Crippen molar-refractivity contribution >= 4 is 22.7 Å². The van der Waals surface area contributed by atoms with Crippen LogP contribution in [0, 0.1) is 76.2 Å². The van der Waals surface area contributed by atoms with E-state index in [1.54, 1.807) is 103 Å². The summed E-state index contributed by atoms with van der Waals surface area (Å²) in [5.41, 5.74) is 9.51. The summed E-state index contributed by atoms with van der Waals surface area (Å²) in [6.45, 7) is 22.0. The second-order valence-corrected chi connectivity index (χ2v) is 17.2. The van der Waals surface area contributed by atoms with Gasteiger partial charge in [-0.2, -0.15) is 11.3 Å². The molecule has 0 aliphatic heterocycles. The molecule has 0 bridgehead atoms. The van der Waals surface area contributed by atoms with Crippen molar-refractivity contribution in [2.75, 3.05) is 0 Å². The van der Waals surface area contributed by atoms with Gasteiger partial charge in [-0.15, -0.1) is 11.3 Å². The molecule has 13 heteroatoms. The Morgan fingerprint density at radius 3 is 1.26 bits per heavy atom. The van der Waals surface area contributed by atoms with Gasteiger partial charge in [-0.05, 0) is 193 Å². The molecule has 11 nitrogen and oxygen atoms in total. The first-order chi connectivity index (χ1) is 35.3. The van der Waals surface area contributed by atoms with Crippen molar-refractivity contribution in [2.45, 2.75) is 76.2 Å². The minimum absolute atomic E-state index is 0.822. The predicted molar refractivity (Wildman–Crippen MR) is 303 cm³/mol. The number of hydrogen-bond acceptors (Lipinski definition) is 13. The number of nitrogens with zero attached hydrogens (tertiary/aromatic N) is 9. The van der Waals surface area contributed by atoms with Crippen LogP contribution < -0.4 is 0 Å². The quantitative estimate of drug-likeness (QED) is 0.143. The molecular weight excluding hydrogens is 943 g/mol. The summed E-state index contributed by atoms with van der Waals surface area (Å²) in [4.78, 5) is 36.0. The molecule has 0 spiro atoms. The van der Waals surface area contributed by atoms with Crippen LogP contribution in [-0.2, 0) is 0 Å². The average molecular weight is 1010 g/mol. The van der Waals surface area contributed by atoms with Gasteiger partial charge in [0.15, 0.2) is 0 Å². The Balaban J connectivity index is 0.000000402. The zero-order chi connectivity index (χ0) is 53.4. The van der Waals surface area contributed by atoms with Gasteiger partial charge in [-0.3, -0.25) is 15.0 Å². The molecule has 0 saturated carbocycles. The lowest BCUT2D eigenvalue weighted by atomic mass is 10.2. The summed E-state index contributed by atoms with van der Waals surface area (Å²) in [5, 5.41) is 6.28. The smallest absolute Gasteiger partial charge is 0.125 e. The minimum atomic E-state index is 0.822. The number of hydrogen-bond donors (Lipinski definition) is 0. The molecule has 10 heterocycles. The van der Waals surface area contributed by atoms with Crippen molar-refractivity contribution in [1.82, 2.24) is 44.9 Å². The normalized spacial score (nSPS) is 8.75. The van der Waals surface area contributed by atoms with Gasteiger partial charge in [0.2, 0.25) is 0 Å². The Labute approximate surface area is 442 Å². The van der Waals surface area contributed by atoms with Crippen molar-refractivity contribution in [3.8, 4) is 0 Å². The van der Waals surface area contributed by atoms with E-state index in [0.717, 1.165) is 28.5 Å². The first-order valence-corrected chi connectivity index (χ1v) is 24.9. The molecule has 0 amide bonds. The van der Waals surface area contributed by atoms with E-state index < -0.39 is 0 Å². The van der Waals surface area contributed by atoms with Crippen LogP contribution >= 0.6 is 22.7 Å². The maximum Gasteiger partial charge on any atom is 0.125 e. The molecule has 0 N–H and O–H groups in total. The highest BCUT2D eigenvalue weighted by Gasteiger charge is 1.80. The van der Waals surface area contributed by atoms with Crippen LogP contribution in [0.3, 0.4) is 0 Å². The topological polar surface area (TPSA) is 142 Å². The van der Waals surface area contributed by atoms with Gasteiger partial charge in [-0.25, -0.2) is 29.9 Å². The van der Waals surface area contributed by atoms with Crippen LogP contribution in [0.25, 0.3) is 0 Å². The average Bonchev–Trinajstić information content (AvgIpc) is 4.28. The third-order valence-electron chi connectivity index (χ3n) is 8.18. The molecule has 11 rings (SSSR count). The van der Waals surface area contributed by atoms with Crippen LogP contribution in [0.5, 0.6) is 0 Å². The van der Waals surface area contributed by atoms with E-state index in [4.69, 9.17) is 8.83 Å². The summed E-state index contributed by atoms with van der Waals surface area (Å²) < 4.78 is 9.55. The number of rotatable bonds is 0. The summed E-state index contributed by atoms with van der Waals surface area (Å²) >= 11 is 3.52. The molecule has 10 aromatic heterocycles. The van der Waals surface area contributed by atoms with Gasteiger partial charge in [-0.1, -0.05) is 54.1 Å². The van der Waals surface area contributed by atoms with Gasteiger partial charge < -0.3 is 8.83 Å². The van der Waals surface area contributed by atoms with E-state index in [1.165, 1.54) is 45.3 Å². The molecule has 380 valence electrons. The summed E-state index contributed by atoms with van der Waals surface area (Å²) in [6, 6.07) is 39.6. The van der Waals surface area contributed by atoms with Crippen LogP contribution in [0.15, 0.2) is 240 Å². The van der Waals surface area contributed by atoms with E-state index in [0.29, 0.717) is 0 Å². The fourth-order valence-electron chi connectivity index (χ4n) is 4.35. The monoisotopic (exact) mass is 1010 g/mol. The van der Waals surface area contributed by atoms with Crippen molar-refractivity contribution in [3.63, 3.8) is 0 Å². The maximum absolute atomic E-state index is 4.83. The van der Waals surface area contributed by atoms with E-state index in [9.17, 15) is 0 Å². The second kappa shape index (κ2) is 43.9. The molecule has 11 aromatic rings. The third-order valence-corrected chi connectivity index (χ3v) is 9.78. The van der Waals surface area contributed by atoms with E-state index in [1.807, 2.05) is 147 Å². The molecule has 0 aliphatic carbocycles. The second-order valence-electron chi connectivity index (χ2n) is 15.3. The first-order valence-electron chi connectivity index (χ1n) is 23.1. The molecule has 0 aliphatic rings. The maximum atomic E-state index is 4.83. The standard InChI is InChI=1S/C7H8.3C6H7N.3C5H6N2.2C5H6O.2C5H6S/c1-7-5-3-2-4-6-7;1-6-2-4-7-5-3-6;1-6-3-2-4-7-5-6;1-6-4-2-3-5-7-6;1-5-2-6-4-7-3-5;1-5-2-3-6-4-7-5;1-5-6-3-2-4-7-5;1-5-2-3-6-4-5;1-5-3-2-4-6-5;1-5-2-3-6-4-5;1-5-3-2-4-6-5/h2-6H,1H3;3*2-5H,1H3;3*2-4H,1H3;4*2-4H,1H3. The Morgan fingerprint density at radius 1 is 0.370 bits per heavy atom. The summed E-state index contributed by atoms with van der Waals surface area (Å²) in [7, 11) is 0. The summed E-state index contributed by atoms with van der Waals surface area (Å²) in [5.74, 6) is 1.79. The largest absolute Gasteiger partial charge is 0.472 e. The van der Waals surface area contributed by atoms with Gasteiger partial charge in [0.25, 0.3) is 0 Å². The van der Waals surface area contributed by atoms with Crippen molar-refractivity contribution < 1.29 is 8.83 Å². The van der Waals surface area contributed by atoms with Gasteiger partial charge in [0.1, 0.15) is 24.2 Å². The van der Waals surface area contributed by atoms with E-state index in [2.05, 4.69) is 112 Å². The van der Waals surface area contributed by atoms with Crippen LogP contribution in [0.4, 0.5) is 0 Å². The lowest BCUT2D eigenvalue weighted by Crippen LogP contribution is -1.80. The number of aryl methyl sites for hydroxylation is 11. The van der Waals surface area contributed by atoms with Crippen molar-refractivity contribution in [2.24, 2.45) is 0 Å². The summed E-state index contributed by atoms with van der Waals surface area (Å²) in [6.07, 6.45) is 25.8. The number of thiophene rings is 2. The molecule has 0 saturated heterocycles. The Bertz CT molecular complexity index is 2240. The lowest BCUT2D eigenvalue weighted by molar-refractivity contribution is 0.534. The van der Waals surface area contributed by atoms with Crippen LogP contribution in [0.2, 0.25) is 0 Å². The van der Waals surface area contributed by atoms with Crippen molar-refractivity contribution in [3.05, 3.63) is 292 Å². The first kappa shape index (κ1) is 62.9. The molecule has 1 aromatic carbocycles. The van der Waals surface area contributed by atoms with Crippen molar-refractivity contribution in [1.29, 1.82) is 0 Å². The van der Waals surface area contributed by atoms with Crippen LogP contribution in [0.1, 0.15) is 61.2 Å². The number of benzene rings is 1. The zero-order valence-corrected chi connectivity index (χ0v) is 45.7. The molecule has 73 heavy (non-hydrogen) atoms. The Hall–Kier alpha value is -8.13. The highest BCUT2D eigenvalue weighted by atomic mass is 32.1. The minimum Gasteiger partial charge on any atom is -0.472 e. The van der Waals surface area contributed by atoms with Gasteiger partial charge in [0.05, 0.1) is 18.8 Å². The van der Waals surface area contributed by atoms with Gasteiger partial charge in [0, 0.05) is 78.2 Å². The number of furan rings is 2. The molecular formula is C60H71N9O2S2. The third kappa shape index (κ3) is 42.5. The highest BCUT2D eigenvalue weighted by Crippen LogP contribution is 2.04. The Kier molecular flexibility index (Phi) is 37.8. The zero-order valence-electron chi connectivity index (χ0n) is 44.1. The fourth-order valence-corrected chi connectivity index (χ4v) is 5.54. The van der Waals surface area contributed by atoms with Gasteiger partial charge >= 0.3 is 0 Å². The molecule has 0 unspecified atom stereocenters. The molecule has 0 atom stereocenters. The molecule has 0 fully saturated rings. The predicted octanol–water partition coefficient (Wildman–Crippen LogP) is 15.8. The molecule has 0 radical (unpaired) electrons. The fraction of sp³-hybridized carbons (Fsp3) is 0.183. The number of pyridine rings is 3. The van der Waals surface area contributed by atoms with E-state index >= 15 is 0 Å². The lowest BCUT2D eigenvalue weighted by Gasteiger charge is -1.82. The van der Waals surface area contributed by atoms with Crippen LogP contribution in [-0.4, -0.2) is 44.9 Å². The Morgan fingerprint density at radius 2 is 1.01 bits per heavy atom. The number of aromatic nitrogens is 9. The highest BCUT2D eigenvalue weighted by molar-refractivity contribution is 7.09. The SMILES string of the molecule is Cc1ccccc1.Cc1ccccn1.Cc1cccnc1.Cc1ccco1.Cc1cccs1.Cc1ccncc1.Cc1ccncn1.Cc1ccoc1.Cc1ccsc1.Cc1cncnc1.Cc1ncccn1.